The summed E-state index contributed by atoms with van der Waals surface area (Å²) < 4.78 is 0. The number of anilines is 2. The van der Waals surface area contributed by atoms with Gasteiger partial charge in [-0.25, -0.2) is 9.78 Å². The van der Waals surface area contributed by atoms with Crippen molar-refractivity contribution in [1.82, 2.24) is 9.97 Å². The highest BCUT2D eigenvalue weighted by atomic mass is 16.4. The van der Waals surface area contributed by atoms with Crippen LogP contribution in [0.15, 0.2) is 42.5 Å². The molecule has 0 aliphatic rings. The van der Waals surface area contributed by atoms with Gasteiger partial charge in [0.05, 0.1) is 16.6 Å². The molecule has 100 valence electrons. The van der Waals surface area contributed by atoms with Gasteiger partial charge in [0.15, 0.2) is 0 Å². The molecular formula is C15H13N3O2. The highest BCUT2D eigenvalue weighted by Crippen LogP contribution is 2.19. The first-order chi connectivity index (χ1) is 9.61. The molecule has 0 atom stereocenters. The number of benzene rings is 2. The van der Waals surface area contributed by atoms with E-state index in [0.717, 1.165) is 11.2 Å². The molecule has 1 heterocycles. The van der Waals surface area contributed by atoms with Crippen LogP contribution in [0.2, 0.25) is 0 Å². The predicted octanol–water partition coefficient (Wildman–Crippen LogP) is 3.31. The van der Waals surface area contributed by atoms with E-state index < -0.39 is 5.97 Å². The number of imidazole rings is 1. The zero-order chi connectivity index (χ0) is 14.1. The Kier molecular flexibility index (Phi) is 2.87. The second-order valence-electron chi connectivity index (χ2n) is 4.61. The zero-order valence-corrected chi connectivity index (χ0v) is 10.8. The number of carboxylic acid groups (broad SMARTS) is 1. The fourth-order valence-corrected chi connectivity index (χ4v) is 1.98. The van der Waals surface area contributed by atoms with Crippen molar-refractivity contribution in [2.24, 2.45) is 0 Å². The third kappa shape index (κ3) is 2.33. The van der Waals surface area contributed by atoms with Crippen molar-refractivity contribution < 1.29 is 9.90 Å². The van der Waals surface area contributed by atoms with E-state index in [-0.39, 0.29) is 5.56 Å². The van der Waals surface area contributed by atoms with Crippen molar-refractivity contribution in [2.45, 2.75) is 6.92 Å². The summed E-state index contributed by atoms with van der Waals surface area (Å²) in [6.45, 7) is 2.03. The molecule has 1 aromatic heterocycles. The number of aromatic carboxylic acids is 1. The molecule has 0 unspecified atom stereocenters. The molecule has 0 fully saturated rings. The van der Waals surface area contributed by atoms with Crippen molar-refractivity contribution in [2.75, 3.05) is 5.32 Å². The fourth-order valence-electron chi connectivity index (χ4n) is 1.98. The lowest BCUT2D eigenvalue weighted by molar-refractivity contribution is 0.0697. The molecule has 0 saturated carbocycles. The molecular weight excluding hydrogens is 254 g/mol. The highest BCUT2D eigenvalue weighted by molar-refractivity contribution is 5.92. The molecule has 0 amide bonds. The quantitative estimate of drug-likeness (QED) is 0.680. The number of fused-ring (bicyclic) bond motifs is 1. The van der Waals surface area contributed by atoms with Crippen molar-refractivity contribution in [1.29, 1.82) is 0 Å². The van der Waals surface area contributed by atoms with E-state index in [1.807, 2.05) is 31.2 Å². The lowest BCUT2D eigenvalue weighted by atomic mass is 10.2. The molecule has 0 radical (unpaired) electrons. The number of nitrogens with zero attached hydrogens (tertiary/aromatic N) is 1. The van der Waals surface area contributed by atoms with Crippen LogP contribution in [0.1, 0.15) is 15.9 Å². The Hall–Kier alpha value is -2.82. The third-order valence-electron chi connectivity index (χ3n) is 3.04. The molecule has 3 aromatic rings. The first-order valence-corrected chi connectivity index (χ1v) is 6.18. The standard InChI is InChI=1S/C15H13N3O2/c1-9-2-5-11(6-3-9)16-15-17-12-7-4-10(14(19)20)8-13(12)18-15/h2-8H,1H3,(H,19,20)(H2,16,17,18). The average molecular weight is 267 g/mol. The Morgan fingerprint density at radius 2 is 1.95 bits per heavy atom. The van der Waals surface area contributed by atoms with E-state index in [1.54, 1.807) is 18.2 Å². The van der Waals surface area contributed by atoms with E-state index in [4.69, 9.17) is 5.11 Å². The number of hydrogen-bond acceptors (Lipinski definition) is 3. The molecule has 3 N–H and O–H groups in total. The van der Waals surface area contributed by atoms with Gasteiger partial charge in [-0.15, -0.1) is 0 Å². The number of hydrogen-bond donors (Lipinski definition) is 3. The first kappa shape index (κ1) is 12.2. The van der Waals surface area contributed by atoms with Gasteiger partial charge in [-0.2, -0.15) is 0 Å². The number of carboxylic acids is 1. The summed E-state index contributed by atoms with van der Waals surface area (Å²) in [7, 11) is 0. The van der Waals surface area contributed by atoms with Crippen molar-refractivity contribution >= 4 is 28.6 Å². The van der Waals surface area contributed by atoms with Gasteiger partial charge in [0.1, 0.15) is 0 Å². The number of nitrogens with one attached hydrogen (secondary N) is 2. The predicted molar refractivity (Wildman–Crippen MR) is 77.5 cm³/mol. The van der Waals surface area contributed by atoms with Crippen LogP contribution in [0.4, 0.5) is 11.6 Å². The van der Waals surface area contributed by atoms with Gasteiger partial charge in [-0.05, 0) is 37.3 Å². The Morgan fingerprint density at radius 3 is 2.65 bits per heavy atom. The van der Waals surface area contributed by atoms with Gasteiger partial charge in [0.2, 0.25) is 5.95 Å². The number of carbonyl (C=O) groups is 1. The Labute approximate surface area is 115 Å². The molecule has 2 aromatic carbocycles. The minimum Gasteiger partial charge on any atom is -0.478 e. The summed E-state index contributed by atoms with van der Waals surface area (Å²) in [5.41, 5.74) is 3.77. The van der Waals surface area contributed by atoms with Crippen molar-refractivity contribution in [3.05, 3.63) is 53.6 Å². The van der Waals surface area contributed by atoms with E-state index >= 15 is 0 Å². The van der Waals surface area contributed by atoms with Crippen LogP contribution in [0.5, 0.6) is 0 Å². The third-order valence-corrected chi connectivity index (χ3v) is 3.04. The van der Waals surface area contributed by atoms with Crippen LogP contribution >= 0.6 is 0 Å². The largest absolute Gasteiger partial charge is 0.478 e. The Balaban J connectivity index is 1.92. The van der Waals surface area contributed by atoms with Crippen LogP contribution in [0.25, 0.3) is 11.0 Å². The van der Waals surface area contributed by atoms with Crippen molar-refractivity contribution in [3.63, 3.8) is 0 Å². The van der Waals surface area contributed by atoms with Crippen molar-refractivity contribution in [3.8, 4) is 0 Å². The minimum atomic E-state index is -0.949. The maximum Gasteiger partial charge on any atom is 0.335 e. The number of H-pyrrole nitrogens is 1. The van der Waals surface area contributed by atoms with E-state index in [2.05, 4.69) is 15.3 Å². The number of aromatic amines is 1. The molecule has 3 rings (SSSR count). The smallest absolute Gasteiger partial charge is 0.335 e. The van der Waals surface area contributed by atoms with Crippen LogP contribution in [-0.4, -0.2) is 21.0 Å². The second-order valence-corrected chi connectivity index (χ2v) is 4.61. The van der Waals surface area contributed by atoms with Gasteiger partial charge in [-0.3, -0.25) is 0 Å². The zero-order valence-electron chi connectivity index (χ0n) is 10.8. The number of aryl methyl sites for hydroxylation is 1. The highest BCUT2D eigenvalue weighted by Gasteiger charge is 2.07. The summed E-state index contributed by atoms with van der Waals surface area (Å²) >= 11 is 0. The monoisotopic (exact) mass is 267 g/mol. The number of aromatic nitrogens is 2. The molecule has 0 aliphatic heterocycles. The lowest BCUT2D eigenvalue weighted by Gasteiger charge is -2.02. The minimum absolute atomic E-state index is 0.239. The van der Waals surface area contributed by atoms with E-state index in [0.29, 0.717) is 11.5 Å². The van der Waals surface area contributed by atoms with Gasteiger partial charge in [0.25, 0.3) is 0 Å². The molecule has 5 nitrogen and oxygen atoms in total. The van der Waals surface area contributed by atoms with Gasteiger partial charge in [0, 0.05) is 5.69 Å². The van der Waals surface area contributed by atoms with Crippen LogP contribution in [-0.2, 0) is 0 Å². The Bertz CT molecular complexity index is 775. The first-order valence-electron chi connectivity index (χ1n) is 6.18. The van der Waals surface area contributed by atoms with Crippen LogP contribution < -0.4 is 5.32 Å². The molecule has 0 spiro atoms. The van der Waals surface area contributed by atoms with Gasteiger partial charge in [-0.1, -0.05) is 17.7 Å². The SMILES string of the molecule is Cc1ccc(Nc2nc3ccc(C(=O)O)cc3[nH]2)cc1. The van der Waals surface area contributed by atoms with Gasteiger partial charge >= 0.3 is 5.97 Å². The molecule has 20 heavy (non-hydrogen) atoms. The maximum absolute atomic E-state index is 10.9. The molecule has 0 aliphatic carbocycles. The normalized spacial score (nSPS) is 10.7. The molecule has 5 heteroatoms. The summed E-state index contributed by atoms with van der Waals surface area (Å²) in [4.78, 5) is 18.4. The summed E-state index contributed by atoms with van der Waals surface area (Å²) in [5, 5.41) is 12.1. The van der Waals surface area contributed by atoms with E-state index in [9.17, 15) is 4.79 Å². The second kappa shape index (κ2) is 4.70. The van der Waals surface area contributed by atoms with E-state index in [1.165, 1.54) is 5.56 Å². The maximum atomic E-state index is 10.9. The molecule has 0 bridgehead atoms. The topological polar surface area (TPSA) is 78.0 Å². The van der Waals surface area contributed by atoms with Crippen LogP contribution in [0.3, 0.4) is 0 Å². The van der Waals surface area contributed by atoms with Crippen LogP contribution in [0, 0.1) is 6.92 Å². The summed E-state index contributed by atoms with van der Waals surface area (Å²) in [6.07, 6.45) is 0. The van der Waals surface area contributed by atoms with Gasteiger partial charge < -0.3 is 15.4 Å². The summed E-state index contributed by atoms with van der Waals surface area (Å²) in [6, 6.07) is 12.7. The average Bonchev–Trinajstić information content (AvgIpc) is 2.82. The fraction of sp³-hybridized carbons (Fsp3) is 0.0667. The Morgan fingerprint density at radius 1 is 1.20 bits per heavy atom. The summed E-state index contributed by atoms with van der Waals surface area (Å²) in [5.74, 6) is -0.360. The lowest BCUT2D eigenvalue weighted by Crippen LogP contribution is -1.94. The number of rotatable bonds is 3. The molecule has 0 saturated heterocycles.